The first-order valence-electron chi connectivity index (χ1n) is 5.41. The summed E-state index contributed by atoms with van der Waals surface area (Å²) >= 11 is 0. The average molecular weight is 203 g/mol. The van der Waals surface area contributed by atoms with Gasteiger partial charge in [-0.15, -0.1) is 0 Å². The summed E-state index contributed by atoms with van der Waals surface area (Å²) in [5.74, 6) is 0.818. The number of nitrogens with zero attached hydrogens (tertiary/aromatic N) is 1. The molecular weight excluding hydrogens is 186 g/mol. The molecule has 0 amide bonds. The molecule has 0 aliphatic carbocycles. The molecule has 0 fully saturated rings. The molecule has 15 heavy (non-hydrogen) atoms. The Morgan fingerprint density at radius 3 is 2.60 bits per heavy atom. The first-order valence-corrected chi connectivity index (χ1v) is 5.41. The summed E-state index contributed by atoms with van der Waals surface area (Å²) in [5.41, 5.74) is 3.13. The quantitative estimate of drug-likeness (QED) is 0.706. The molecule has 0 radical (unpaired) electrons. The van der Waals surface area contributed by atoms with E-state index in [0.717, 1.165) is 23.4 Å². The van der Waals surface area contributed by atoms with Gasteiger partial charge in [-0.25, -0.2) is 4.98 Å². The number of aryl methyl sites for hydroxylation is 1. The molecule has 0 aliphatic rings. The van der Waals surface area contributed by atoms with Crippen molar-refractivity contribution in [1.82, 2.24) is 4.98 Å². The van der Waals surface area contributed by atoms with E-state index in [1.807, 2.05) is 12.1 Å². The van der Waals surface area contributed by atoms with Crippen molar-refractivity contribution in [2.45, 2.75) is 39.5 Å². The van der Waals surface area contributed by atoms with Crippen LogP contribution in [0, 0.1) is 0 Å². The lowest BCUT2D eigenvalue weighted by Gasteiger charge is -2.11. The molecule has 1 aromatic carbocycles. The van der Waals surface area contributed by atoms with Gasteiger partial charge in [0.1, 0.15) is 5.52 Å². The maximum atomic E-state index is 5.84. The Labute approximate surface area is 90.3 Å². The van der Waals surface area contributed by atoms with E-state index in [1.54, 1.807) is 0 Å². The molecule has 2 heteroatoms. The zero-order chi connectivity index (χ0) is 11.1. The van der Waals surface area contributed by atoms with Gasteiger partial charge in [0.05, 0.1) is 0 Å². The molecule has 1 heterocycles. The highest BCUT2D eigenvalue weighted by Gasteiger charge is 2.21. The fraction of sp³-hybridized carbons (Fsp3) is 0.462. The Morgan fingerprint density at radius 2 is 2.00 bits per heavy atom. The Balaban J connectivity index is 2.65. The minimum Gasteiger partial charge on any atom is -0.440 e. The maximum absolute atomic E-state index is 5.84. The van der Waals surface area contributed by atoms with Crippen LogP contribution in [-0.4, -0.2) is 4.98 Å². The highest BCUT2D eigenvalue weighted by molar-refractivity contribution is 5.76. The molecule has 0 unspecified atom stereocenters. The normalized spacial score (nSPS) is 12.3. The summed E-state index contributed by atoms with van der Waals surface area (Å²) in [6.07, 6.45) is 0.982. The van der Waals surface area contributed by atoms with Crippen LogP contribution in [0.5, 0.6) is 0 Å². The van der Waals surface area contributed by atoms with Gasteiger partial charge in [0.25, 0.3) is 0 Å². The average Bonchev–Trinajstić information content (AvgIpc) is 2.59. The van der Waals surface area contributed by atoms with E-state index in [0.29, 0.717) is 0 Å². The number of para-hydroxylation sites is 1. The number of oxazole rings is 1. The second-order valence-corrected chi connectivity index (χ2v) is 4.89. The van der Waals surface area contributed by atoms with Gasteiger partial charge in [-0.2, -0.15) is 0 Å². The van der Waals surface area contributed by atoms with Gasteiger partial charge < -0.3 is 4.42 Å². The van der Waals surface area contributed by atoms with Crippen LogP contribution in [0.2, 0.25) is 0 Å². The summed E-state index contributed by atoms with van der Waals surface area (Å²) in [6, 6.07) is 6.14. The van der Waals surface area contributed by atoms with E-state index in [4.69, 9.17) is 4.42 Å². The lowest BCUT2D eigenvalue weighted by Crippen LogP contribution is -2.10. The van der Waals surface area contributed by atoms with Gasteiger partial charge in [0, 0.05) is 5.41 Å². The Morgan fingerprint density at radius 1 is 1.27 bits per heavy atom. The molecule has 2 rings (SSSR count). The smallest absolute Gasteiger partial charge is 0.200 e. The monoisotopic (exact) mass is 203 g/mol. The maximum Gasteiger partial charge on any atom is 0.200 e. The predicted octanol–water partition coefficient (Wildman–Crippen LogP) is 3.69. The lowest BCUT2D eigenvalue weighted by molar-refractivity contribution is 0.410. The van der Waals surface area contributed by atoms with Crippen molar-refractivity contribution in [3.8, 4) is 0 Å². The van der Waals surface area contributed by atoms with Gasteiger partial charge in [-0.3, -0.25) is 0 Å². The molecule has 80 valence electrons. The first-order chi connectivity index (χ1) is 7.02. The molecule has 0 spiro atoms. The molecule has 2 nitrogen and oxygen atoms in total. The minimum absolute atomic E-state index is 0.0238. The van der Waals surface area contributed by atoms with Crippen LogP contribution in [-0.2, 0) is 11.8 Å². The van der Waals surface area contributed by atoms with E-state index in [-0.39, 0.29) is 5.41 Å². The topological polar surface area (TPSA) is 26.0 Å². The van der Waals surface area contributed by atoms with Crippen LogP contribution in [0.4, 0.5) is 0 Å². The second kappa shape index (κ2) is 3.37. The van der Waals surface area contributed by atoms with E-state index < -0.39 is 0 Å². The second-order valence-electron chi connectivity index (χ2n) is 4.89. The van der Waals surface area contributed by atoms with E-state index in [2.05, 4.69) is 38.7 Å². The van der Waals surface area contributed by atoms with Gasteiger partial charge in [0.2, 0.25) is 5.89 Å². The van der Waals surface area contributed by atoms with Crippen LogP contribution in [0.25, 0.3) is 11.1 Å². The van der Waals surface area contributed by atoms with Crippen LogP contribution >= 0.6 is 0 Å². The Hall–Kier alpha value is -1.31. The van der Waals surface area contributed by atoms with Crippen molar-refractivity contribution >= 4 is 11.1 Å². The number of hydrogen-bond acceptors (Lipinski definition) is 2. The highest BCUT2D eigenvalue weighted by atomic mass is 16.3. The van der Waals surface area contributed by atoms with Gasteiger partial charge >= 0.3 is 0 Å². The number of rotatable bonds is 1. The fourth-order valence-electron chi connectivity index (χ4n) is 1.61. The number of aromatic nitrogens is 1. The standard InChI is InChI=1S/C13H17NO/c1-5-9-7-6-8-10-11(9)15-12(14-10)13(2,3)4/h6-8H,5H2,1-4H3. The third-order valence-corrected chi connectivity index (χ3v) is 2.52. The molecule has 0 aliphatic heterocycles. The van der Waals surface area contributed by atoms with E-state index in [9.17, 15) is 0 Å². The molecular formula is C13H17NO. The fourth-order valence-corrected chi connectivity index (χ4v) is 1.61. The van der Waals surface area contributed by atoms with Crippen molar-refractivity contribution in [2.75, 3.05) is 0 Å². The van der Waals surface area contributed by atoms with Gasteiger partial charge in [0.15, 0.2) is 5.58 Å². The number of benzene rings is 1. The van der Waals surface area contributed by atoms with Crippen molar-refractivity contribution in [2.24, 2.45) is 0 Å². The largest absolute Gasteiger partial charge is 0.440 e. The summed E-state index contributed by atoms with van der Waals surface area (Å²) in [5, 5.41) is 0. The molecule has 0 saturated heterocycles. The predicted molar refractivity (Wildman–Crippen MR) is 62.1 cm³/mol. The molecule has 1 aromatic heterocycles. The third-order valence-electron chi connectivity index (χ3n) is 2.52. The van der Waals surface area contributed by atoms with Crippen LogP contribution < -0.4 is 0 Å². The van der Waals surface area contributed by atoms with E-state index >= 15 is 0 Å². The Kier molecular flexibility index (Phi) is 2.29. The highest BCUT2D eigenvalue weighted by Crippen LogP contribution is 2.27. The molecule has 2 aromatic rings. The first kappa shape index (κ1) is 10.2. The van der Waals surface area contributed by atoms with Crippen molar-refractivity contribution < 1.29 is 4.42 Å². The molecule has 0 saturated carbocycles. The number of hydrogen-bond donors (Lipinski definition) is 0. The summed E-state index contributed by atoms with van der Waals surface area (Å²) in [7, 11) is 0. The minimum atomic E-state index is -0.0238. The lowest BCUT2D eigenvalue weighted by atomic mass is 9.97. The summed E-state index contributed by atoms with van der Waals surface area (Å²) < 4.78 is 5.84. The molecule has 0 N–H and O–H groups in total. The van der Waals surface area contributed by atoms with Crippen molar-refractivity contribution in [1.29, 1.82) is 0 Å². The summed E-state index contributed by atoms with van der Waals surface area (Å²) in [4.78, 5) is 4.53. The molecule has 0 atom stereocenters. The van der Waals surface area contributed by atoms with Crippen LogP contribution in [0.3, 0.4) is 0 Å². The zero-order valence-corrected chi connectivity index (χ0v) is 9.79. The SMILES string of the molecule is CCc1cccc2nc(C(C)(C)C)oc12. The van der Waals surface area contributed by atoms with Crippen molar-refractivity contribution in [3.63, 3.8) is 0 Å². The Bertz CT molecular complexity index is 477. The van der Waals surface area contributed by atoms with Crippen LogP contribution in [0.15, 0.2) is 22.6 Å². The summed E-state index contributed by atoms with van der Waals surface area (Å²) in [6.45, 7) is 8.48. The zero-order valence-electron chi connectivity index (χ0n) is 9.79. The van der Waals surface area contributed by atoms with Crippen LogP contribution in [0.1, 0.15) is 39.1 Å². The van der Waals surface area contributed by atoms with E-state index in [1.165, 1.54) is 5.56 Å². The number of fused-ring (bicyclic) bond motifs is 1. The third kappa shape index (κ3) is 1.76. The van der Waals surface area contributed by atoms with Gasteiger partial charge in [-0.1, -0.05) is 39.8 Å². The van der Waals surface area contributed by atoms with Gasteiger partial charge in [-0.05, 0) is 18.1 Å². The van der Waals surface area contributed by atoms with Crippen molar-refractivity contribution in [3.05, 3.63) is 29.7 Å². The molecule has 0 bridgehead atoms.